The molecule has 0 aliphatic heterocycles. The van der Waals surface area contributed by atoms with E-state index in [-0.39, 0.29) is 10.8 Å². The lowest BCUT2D eigenvalue weighted by Gasteiger charge is -2.66. The minimum Gasteiger partial charge on any atom is -0.481 e. The van der Waals surface area contributed by atoms with Gasteiger partial charge in [0.05, 0.1) is 5.41 Å². The largest absolute Gasteiger partial charge is 0.481 e. The van der Waals surface area contributed by atoms with E-state index < -0.39 is 22.2 Å². The monoisotopic (exact) mass is 364 g/mol. The molecule has 5 rings (SSSR count). The summed E-state index contributed by atoms with van der Waals surface area (Å²) in [4.78, 5) is 12.1. The van der Waals surface area contributed by atoms with Crippen molar-refractivity contribution in [3.8, 4) is 0 Å². The second-order valence-electron chi connectivity index (χ2n) is 9.87. The molecule has 4 heteroatoms. The third-order valence-electron chi connectivity index (χ3n) is 8.70. The van der Waals surface area contributed by atoms with Crippen LogP contribution < -0.4 is 0 Å². The standard InChI is InChI=1S/C21H32O3S/c1-19-7-4-8-20(2,18(22)23)16(19)6-10-21-9-5-14(11-17(19)21)15(12-21)13-25(3)24/h12,14,16-17H,4-11,13H2,1-3H3,(H,22,23)/t14-,16+,17+,19-,20-,21-,25?/m1/s1. The van der Waals surface area contributed by atoms with E-state index in [1.54, 1.807) is 0 Å². The lowest BCUT2D eigenvalue weighted by atomic mass is 9.38. The van der Waals surface area contributed by atoms with Crippen LogP contribution in [0.3, 0.4) is 0 Å². The molecular weight excluding hydrogens is 332 g/mol. The number of hydrogen-bond donors (Lipinski definition) is 1. The van der Waals surface area contributed by atoms with Crippen molar-refractivity contribution >= 4 is 16.8 Å². The number of rotatable bonds is 3. The van der Waals surface area contributed by atoms with E-state index in [4.69, 9.17) is 0 Å². The molecule has 0 saturated heterocycles. The van der Waals surface area contributed by atoms with Crippen LogP contribution in [0.25, 0.3) is 0 Å². The minimum atomic E-state index is -0.763. The molecule has 0 aromatic rings. The smallest absolute Gasteiger partial charge is 0.309 e. The van der Waals surface area contributed by atoms with Gasteiger partial charge in [0.1, 0.15) is 0 Å². The van der Waals surface area contributed by atoms with Gasteiger partial charge in [-0.1, -0.05) is 25.0 Å². The van der Waals surface area contributed by atoms with Crippen LogP contribution in [0, 0.1) is 34.0 Å². The molecule has 1 spiro atoms. The van der Waals surface area contributed by atoms with Gasteiger partial charge in [-0.25, -0.2) is 0 Å². The van der Waals surface area contributed by atoms with Crippen molar-refractivity contribution in [1.29, 1.82) is 0 Å². The molecule has 3 saturated carbocycles. The first-order valence-corrected chi connectivity index (χ1v) is 11.7. The first-order valence-electron chi connectivity index (χ1n) is 9.96. The van der Waals surface area contributed by atoms with Gasteiger partial charge in [0.2, 0.25) is 0 Å². The van der Waals surface area contributed by atoms with E-state index >= 15 is 0 Å². The second kappa shape index (κ2) is 5.68. The Hall–Kier alpha value is -0.640. The second-order valence-corrected chi connectivity index (χ2v) is 11.3. The van der Waals surface area contributed by atoms with Crippen LogP contribution in [0.1, 0.15) is 65.2 Å². The quantitative estimate of drug-likeness (QED) is 0.755. The molecule has 140 valence electrons. The van der Waals surface area contributed by atoms with Crippen LogP contribution in [0.2, 0.25) is 0 Å². The Morgan fingerprint density at radius 2 is 1.92 bits per heavy atom. The maximum atomic E-state index is 12.1. The number of aliphatic carboxylic acids is 1. The van der Waals surface area contributed by atoms with Crippen LogP contribution in [-0.4, -0.2) is 27.3 Å². The highest BCUT2D eigenvalue weighted by Crippen LogP contribution is 2.70. The van der Waals surface area contributed by atoms with Crippen molar-refractivity contribution in [2.75, 3.05) is 12.0 Å². The van der Waals surface area contributed by atoms with E-state index in [2.05, 4.69) is 13.0 Å². The first-order chi connectivity index (χ1) is 11.7. The highest BCUT2D eigenvalue weighted by Gasteiger charge is 2.64. The number of fused-ring (bicyclic) bond motifs is 2. The number of allylic oxidation sites excluding steroid dienone is 1. The molecule has 2 bridgehead atoms. The topological polar surface area (TPSA) is 54.4 Å². The predicted molar refractivity (Wildman–Crippen MR) is 101 cm³/mol. The van der Waals surface area contributed by atoms with Crippen molar-refractivity contribution in [3.05, 3.63) is 11.6 Å². The zero-order valence-corrected chi connectivity index (χ0v) is 16.7. The Balaban J connectivity index is 1.73. The third kappa shape index (κ3) is 2.42. The molecule has 3 fully saturated rings. The molecule has 0 amide bonds. The Kier molecular flexibility index (Phi) is 4.03. The fourth-order valence-electron chi connectivity index (χ4n) is 7.59. The lowest BCUT2D eigenvalue weighted by molar-refractivity contribution is -0.180. The van der Waals surface area contributed by atoms with E-state index in [1.165, 1.54) is 31.3 Å². The molecule has 0 aromatic heterocycles. The molecule has 0 aromatic carbocycles. The summed E-state index contributed by atoms with van der Waals surface area (Å²) in [5, 5.41) is 9.97. The molecule has 5 aliphatic rings. The first kappa shape index (κ1) is 17.8. The average molecular weight is 365 g/mol. The molecule has 1 unspecified atom stereocenters. The summed E-state index contributed by atoms with van der Waals surface area (Å²) in [6.07, 6.45) is 13.3. The Bertz CT molecular complexity index is 656. The van der Waals surface area contributed by atoms with Crippen molar-refractivity contribution in [1.82, 2.24) is 0 Å². The molecular formula is C21H32O3S. The molecule has 0 heterocycles. The van der Waals surface area contributed by atoms with Gasteiger partial charge >= 0.3 is 5.97 Å². The Labute approximate surface area is 154 Å². The van der Waals surface area contributed by atoms with Crippen LogP contribution in [0.5, 0.6) is 0 Å². The molecule has 0 radical (unpaired) electrons. The van der Waals surface area contributed by atoms with E-state index in [9.17, 15) is 14.1 Å². The Morgan fingerprint density at radius 1 is 1.20 bits per heavy atom. The van der Waals surface area contributed by atoms with Crippen LogP contribution >= 0.6 is 0 Å². The Morgan fingerprint density at radius 3 is 2.60 bits per heavy atom. The van der Waals surface area contributed by atoms with Crippen molar-refractivity contribution in [2.24, 2.45) is 34.0 Å². The normalized spacial score (nSPS) is 49.7. The number of carbonyl (C=O) groups is 1. The summed E-state index contributed by atoms with van der Waals surface area (Å²) in [6, 6.07) is 0. The van der Waals surface area contributed by atoms with Gasteiger partial charge in [0, 0.05) is 22.8 Å². The summed E-state index contributed by atoms with van der Waals surface area (Å²) < 4.78 is 11.8. The average Bonchev–Trinajstić information content (AvgIpc) is 2.53. The number of carboxylic acids is 1. The number of carboxylic acid groups (broad SMARTS) is 1. The van der Waals surface area contributed by atoms with E-state index in [1.807, 2.05) is 13.2 Å². The van der Waals surface area contributed by atoms with Crippen LogP contribution in [0.4, 0.5) is 0 Å². The summed E-state index contributed by atoms with van der Waals surface area (Å²) >= 11 is 0. The third-order valence-corrected chi connectivity index (χ3v) is 9.44. The highest BCUT2D eigenvalue weighted by molar-refractivity contribution is 7.84. The highest BCUT2D eigenvalue weighted by atomic mass is 32.2. The SMILES string of the molecule is CS(=O)CC1=C[C@]23CC[C@@H]1C[C@H]2[C@]1(C)CCC[C@@](C)(C(=O)O)[C@H]1CC3. The number of hydrogen-bond acceptors (Lipinski definition) is 2. The predicted octanol–water partition coefficient (Wildman–Crippen LogP) is 4.40. The van der Waals surface area contributed by atoms with E-state index in [0.29, 0.717) is 17.8 Å². The zero-order chi connectivity index (χ0) is 18.0. The fourth-order valence-corrected chi connectivity index (χ4v) is 8.38. The maximum absolute atomic E-state index is 12.1. The van der Waals surface area contributed by atoms with E-state index in [0.717, 1.165) is 31.4 Å². The van der Waals surface area contributed by atoms with Gasteiger partial charge in [-0.15, -0.1) is 0 Å². The van der Waals surface area contributed by atoms with Crippen LogP contribution in [-0.2, 0) is 15.6 Å². The maximum Gasteiger partial charge on any atom is 0.309 e. The van der Waals surface area contributed by atoms with Gasteiger partial charge in [-0.05, 0) is 80.5 Å². The zero-order valence-electron chi connectivity index (χ0n) is 15.8. The lowest BCUT2D eigenvalue weighted by Crippen LogP contribution is -2.60. The van der Waals surface area contributed by atoms with Crippen LogP contribution in [0.15, 0.2) is 11.6 Å². The van der Waals surface area contributed by atoms with Gasteiger partial charge in [-0.2, -0.15) is 0 Å². The van der Waals surface area contributed by atoms with Crippen molar-refractivity contribution < 1.29 is 14.1 Å². The molecule has 1 N–H and O–H groups in total. The molecule has 25 heavy (non-hydrogen) atoms. The van der Waals surface area contributed by atoms with Gasteiger partial charge in [0.25, 0.3) is 0 Å². The van der Waals surface area contributed by atoms with Gasteiger partial charge in [-0.3, -0.25) is 9.00 Å². The van der Waals surface area contributed by atoms with Crippen molar-refractivity contribution in [3.63, 3.8) is 0 Å². The van der Waals surface area contributed by atoms with Gasteiger partial charge in [0.15, 0.2) is 0 Å². The van der Waals surface area contributed by atoms with Gasteiger partial charge < -0.3 is 5.11 Å². The summed E-state index contributed by atoms with van der Waals surface area (Å²) in [5.74, 6) is 1.66. The molecule has 7 atom stereocenters. The molecule has 5 aliphatic carbocycles. The summed E-state index contributed by atoms with van der Waals surface area (Å²) in [6.45, 7) is 4.42. The van der Waals surface area contributed by atoms with Crippen molar-refractivity contribution in [2.45, 2.75) is 65.2 Å². The minimum absolute atomic E-state index is 0.149. The summed E-state index contributed by atoms with van der Waals surface area (Å²) in [7, 11) is -0.763. The fraction of sp³-hybridized carbons (Fsp3) is 0.857. The molecule has 3 nitrogen and oxygen atoms in total. The summed E-state index contributed by atoms with van der Waals surface area (Å²) in [5.41, 5.74) is 1.30.